The van der Waals surface area contributed by atoms with Crippen LogP contribution >= 0.6 is 15.1 Å². The molecule has 8 rings (SSSR count). The summed E-state index contributed by atoms with van der Waals surface area (Å²) in [5, 5.41) is 10.0. The van der Waals surface area contributed by atoms with E-state index in [-0.39, 0.29) is 0 Å². The van der Waals surface area contributed by atoms with Crippen molar-refractivity contribution in [3.63, 3.8) is 0 Å². The monoisotopic (exact) mass is 672 g/mol. The van der Waals surface area contributed by atoms with Crippen LogP contribution in [0.15, 0.2) is 176 Å². The summed E-state index contributed by atoms with van der Waals surface area (Å²) in [6, 6.07) is 57.8. The van der Waals surface area contributed by atoms with Gasteiger partial charge in [0.25, 0.3) is 0 Å². The molecular formula is C46H42OP2. The van der Waals surface area contributed by atoms with Crippen LogP contribution in [0.1, 0.15) is 33.1 Å². The van der Waals surface area contributed by atoms with Gasteiger partial charge in [0, 0.05) is 27.1 Å². The lowest BCUT2D eigenvalue weighted by atomic mass is 9.93. The molecule has 0 spiro atoms. The molecule has 2 unspecified atom stereocenters. The summed E-state index contributed by atoms with van der Waals surface area (Å²) < 4.78 is 16.2. The second-order valence-electron chi connectivity index (χ2n) is 12.3. The van der Waals surface area contributed by atoms with Crippen LogP contribution in [0.3, 0.4) is 0 Å². The van der Waals surface area contributed by atoms with Gasteiger partial charge in [0.05, 0.1) is 0 Å². The number of benzene rings is 7. The zero-order valence-corrected chi connectivity index (χ0v) is 30.0. The van der Waals surface area contributed by atoms with E-state index < -0.39 is 15.1 Å². The van der Waals surface area contributed by atoms with E-state index in [0.29, 0.717) is 5.66 Å². The molecule has 7 aromatic rings. The van der Waals surface area contributed by atoms with Crippen molar-refractivity contribution in [1.29, 1.82) is 0 Å². The van der Waals surface area contributed by atoms with Crippen LogP contribution in [-0.4, -0.2) is 5.66 Å². The minimum Gasteiger partial charge on any atom is -0.309 e. The number of fused-ring (bicyclic) bond motifs is 2. The molecule has 0 aromatic heterocycles. The second-order valence-corrected chi connectivity index (χ2v) is 17.4. The van der Waals surface area contributed by atoms with Gasteiger partial charge in [-0.25, -0.2) is 0 Å². The Morgan fingerprint density at radius 3 is 1.63 bits per heavy atom. The molecule has 242 valence electrons. The van der Waals surface area contributed by atoms with Gasteiger partial charge < -0.3 is 4.57 Å². The highest BCUT2D eigenvalue weighted by Crippen LogP contribution is 2.51. The fraction of sp³-hybridized carbons (Fsp3) is 0.130. The van der Waals surface area contributed by atoms with E-state index in [0.717, 1.165) is 45.1 Å². The quantitative estimate of drug-likeness (QED) is 0.122. The van der Waals surface area contributed by atoms with E-state index in [4.69, 9.17) is 0 Å². The average Bonchev–Trinajstić information content (AvgIpc) is 3.19. The second kappa shape index (κ2) is 14.9. The Balaban J connectivity index is 0.00000186. The fourth-order valence-corrected chi connectivity index (χ4v) is 13.1. The van der Waals surface area contributed by atoms with Gasteiger partial charge in [-0.05, 0) is 71.0 Å². The Labute approximate surface area is 292 Å². The Morgan fingerprint density at radius 1 is 0.551 bits per heavy atom. The van der Waals surface area contributed by atoms with Crippen LogP contribution in [0.2, 0.25) is 0 Å². The lowest BCUT2D eigenvalue weighted by molar-refractivity contribution is 0.592. The van der Waals surface area contributed by atoms with Crippen LogP contribution in [0.25, 0.3) is 32.7 Å². The molecule has 0 fully saturated rings. The highest BCUT2D eigenvalue weighted by Gasteiger charge is 2.35. The maximum atomic E-state index is 16.2. The molecule has 2 atom stereocenters. The van der Waals surface area contributed by atoms with Gasteiger partial charge >= 0.3 is 0 Å². The molecule has 0 amide bonds. The fourth-order valence-electron chi connectivity index (χ4n) is 7.32. The van der Waals surface area contributed by atoms with Gasteiger partial charge in [0.2, 0.25) is 0 Å². The summed E-state index contributed by atoms with van der Waals surface area (Å²) in [7, 11) is -4.10. The molecule has 7 aromatic carbocycles. The smallest absolute Gasteiger partial charge is 0.171 e. The average molecular weight is 673 g/mol. The van der Waals surface area contributed by atoms with E-state index in [1.165, 1.54) is 33.4 Å². The minimum atomic E-state index is -3.32. The molecule has 0 heterocycles. The summed E-state index contributed by atoms with van der Waals surface area (Å²) in [4.78, 5) is 0. The van der Waals surface area contributed by atoms with E-state index >= 15 is 4.57 Å². The van der Waals surface area contributed by atoms with E-state index in [1.807, 2.05) is 74.5 Å². The van der Waals surface area contributed by atoms with Crippen molar-refractivity contribution in [1.82, 2.24) is 0 Å². The molecule has 1 aliphatic carbocycles. The zero-order valence-electron chi connectivity index (χ0n) is 28.2. The Bertz CT molecular complexity index is 2220. The van der Waals surface area contributed by atoms with Gasteiger partial charge in [-0.2, -0.15) is 0 Å². The first kappa shape index (κ1) is 33.0. The van der Waals surface area contributed by atoms with Crippen molar-refractivity contribution in [2.24, 2.45) is 0 Å². The van der Waals surface area contributed by atoms with Crippen molar-refractivity contribution >= 4 is 63.1 Å². The van der Waals surface area contributed by atoms with E-state index in [1.54, 1.807) is 0 Å². The van der Waals surface area contributed by atoms with Crippen LogP contribution in [-0.2, 0) is 4.57 Å². The Hall–Kier alpha value is -4.54. The third kappa shape index (κ3) is 6.24. The highest BCUT2D eigenvalue weighted by molar-refractivity contribution is 7.85. The summed E-state index contributed by atoms with van der Waals surface area (Å²) in [5.74, 6) is 0. The Kier molecular flexibility index (Phi) is 10.0. The lowest BCUT2D eigenvalue weighted by Crippen LogP contribution is -2.28. The molecule has 3 heteroatoms. The molecule has 0 N–H and O–H groups in total. The topological polar surface area (TPSA) is 17.1 Å². The normalized spacial score (nSPS) is 15.0. The van der Waals surface area contributed by atoms with Crippen LogP contribution in [0, 0.1) is 0 Å². The number of hydrogen-bond acceptors (Lipinski definition) is 1. The summed E-state index contributed by atoms with van der Waals surface area (Å²) in [6.45, 7) is 4.00. The minimum absolute atomic E-state index is 0.425. The van der Waals surface area contributed by atoms with Crippen molar-refractivity contribution in [3.8, 4) is 11.1 Å². The molecule has 49 heavy (non-hydrogen) atoms. The largest absolute Gasteiger partial charge is 0.309 e. The number of allylic oxidation sites excluding steroid dienone is 2. The molecule has 0 saturated heterocycles. The molecule has 0 radical (unpaired) electrons. The van der Waals surface area contributed by atoms with Crippen molar-refractivity contribution in [3.05, 3.63) is 176 Å². The highest BCUT2D eigenvalue weighted by atomic mass is 31.2. The third-order valence-corrected chi connectivity index (χ3v) is 15.4. The van der Waals surface area contributed by atoms with E-state index in [2.05, 4.69) is 115 Å². The predicted molar refractivity (Wildman–Crippen MR) is 217 cm³/mol. The third-order valence-electron chi connectivity index (χ3n) is 9.50. The standard InChI is InChI=1S/C44H36OP2.C2H6/c45-47(37-23-9-3-10-24-37,38-25-11-4-12-26-38)42-32-30-34-18-14-16-28-40(34)44(42)43-39-27-15-13-17-33(39)29-31-41(43)46(35-19-5-1-6-20-35)36-21-7-2-8-22-36;1-2/h1,3-7,9-21,23-32,36H,2,8,22H2;1-2H3. The van der Waals surface area contributed by atoms with Crippen molar-refractivity contribution in [2.45, 2.75) is 38.8 Å². The lowest BCUT2D eigenvalue weighted by Gasteiger charge is -2.32. The summed E-state index contributed by atoms with van der Waals surface area (Å²) in [6.07, 6.45) is 8.37. The molecule has 0 saturated carbocycles. The number of hydrogen-bond donors (Lipinski definition) is 0. The van der Waals surface area contributed by atoms with Crippen LogP contribution in [0.4, 0.5) is 0 Å². The van der Waals surface area contributed by atoms with Crippen molar-refractivity contribution < 1.29 is 4.57 Å². The van der Waals surface area contributed by atoms with Crippen molar-refractivity contribution in [2.75, 3.05) is 0 Å². The first-order chi connectivity index (χ1) is 24.2. The van der Waals surface area contributed by atoms with Crippen LogP contribution < -0.4 is 26.5 Å². The first-order valence-electron chi connectivity index (χ1n) is 17.5. The van der Waals surface area contributed by atoms with Gasteiger partial charge in [-0.15, -0.1) is 0 Å². The molecule has 1 nitrogen and oxygen atoms in total. The molecular weight excluding hydrogens is 630 g/mol. The molecule has 1 aliphatic rings. The molecule has 0 bridgehead atoms. The molecule has 0 aliphatic heterocycles. The summed E-state index contributed by atoms with van der Waals surface area (Å²) >= 11 is 0. The number of rotatable bonds is 7. The maximum Gasteiger partial charge on any atom is 0.171 e. The Morgan fingerprint density at radius 2 is 1.06 bits per heavy atom. The van der Waals surface area contributed by atoms with E-state index in [9.17, 15) is 0 Å². The van der Waals surface area contributed by atoms with Gasteiger partial charge in [0.1, 0.15) is 0 Å². The first-order valence-corrected chi connectivity index (χ1v) is 20.6. The van der Waals surface area contributed by atoms with Gasteiger partial charge in [-0.3, -0.25) is 0 Å². The SMILES string of the molecule is CC.O=P(c1ccccc1)(c1ccccc1)c1ccc2ccccc2c1-c1c(P(c2ccccc2)C2C=CCCC2)ccc2ccccc12. The predicted octanol–water partition coefficient (Wildman–Crippen LogP) is 10.9. The zero-order chi connectivity index (χ0) is 33.6. The maximum absolute atomic E-state index is 16.2. The summed E-state index contributed by atoms with van der Waals surface area (Å²) in [5.41, 5.74) is 2.74. The van der Waals surface area contributed by atoms with Crippen LogP contribution in [0.5, 0.6) is 0 Å². The van der Waals surface area contributed by atoms with Gasteiger partial charge in [0.15, 0.2) is 7.14 Å². The van der Waals surface area contributed by atoms with Gasteiger partial charge in [-0.1, -0.05) is 184 Å².